The van der Waals surface area contributed by atoms with Crippen molar-refractivity contribution >= 4 is 18.0 Å². The highest BCUT2D eigenvalue weighted by Crippen LogP contribution is 2.72. The van der Waals surface area contributed by atoms with Crippen LogP contribution in [0.3, 0.4) is 0 Å². The first-order valence-electron chi connectivity index (χ1n) is 8.95. The maximum atomic E-state index is 12.5. The van der Waals surface area contributed by atoms with Crippen molar-refractivity contribution in [3.8, 4) is 0 Å². The molecule has 5 unspecified atom stereocenters. The molecule has 0 spiro atoms. The molecule has 2 fully saturated rings. The topological polar surface area (TPSA) is 162 Å². The molecule has 2 aliphatic carbocycles. The Morgan fingerprint density at radius 3 is 2.15 bits per heavy atom. The van der Waals surface area contributed by atoms with Gasteiger partial charge in [0.2, 0.25) is 0 Å². The molecular weight excluding hydrogens is 356 g/mol. The Hall–Kier alpha value is -2.48. The van der Waals surface area contributed by atoms with Gasteiger partial charge in [-0.3, -0.25) is 4.79 Å². The molecular formula is C17H26N4O6. The van der Waals surface area contributed by atoms with Crippen LogP contribution in [0.15, 0.2) is 5.11 Å². The van der Waals surface area contributed by atoms with Gasteiger partial charge in [-0.15, -0.1) is 0 Å². The van der Waals surface area contributed by atoms with Crippen LogP contribution in [0.2, 0.25) is 0 Å². The van der Waals surface area contributed by atoms with Crippen molar-refractivity contribution in [1.29, 1.82) is 0 Å². The van der Waals surface area contributed by atoms with E-state index in [-0.39, 0.29) is 12.8 Å². The number of ether oxygens (including phenoxy) is 1. The third-order valence-electron chi connectivity index (χ3n) is 6.05. The van der Waals surface area contributed by atoms with E-state index >= 15 is 0 Å². The second kappa shape index (κ2) is 6.60. The number of rotatable bonds is 6. The highest BCUT2D eigenvalue weighted by atomic mass is 16.6. The van der Waals surface area contributed by atoms with E-state index in [0.717, 1.165) is 0 Å². The predicted molar refractivity (Wildman–Crippen MR) is 93.8 cm³/mol. The Balaban J connectivity index is 2.62. The number of nitrogens with one attached hydrogen (secondary N) is 1. The van der Waals surface area contributed by atoms with Crippen molar-refractivity contribution in [3.63, 3.8) is 0 Å². The van der Waals surface area contributed by atoms with Crippen LogP contribution in [0.1, 0.15) is 47.5 Å². The number of aliphatic carboxylic acids is 2. The van der Waals surface area contributed by atoms with E-state index < -0.39 is 58.4 Å². The van der Waals surface area contributed by atoms with Crippen LogP contribution >= 0.6 is 0 Å². The maximum Gasteiger partial charge on any atom is 0.408 e. The van der Waals surface area contributed by atoms with Crippen molar-refractivity contribution in [1.82, 2.24) is 5.32 Å². The molecule has 0 bridgehead atoms. The van der Waals surface area contributed by atoms with E-state index in [1.165, 1.54) is 0 Å². The number of alkyl carbamates (subject to hydrolysis) is 1. The lowest BCUT2D eigenvalue weighted by Crippen LogP contribution is -2.67. The van der Waals surface area contributed by atoms with Gasteiger partial charge < -0.3 is 20.3 Å². The Bertz CT molecular complexity index is 707. The SMILES string of the molecule is CCC1(CC)C(N=[N+]=[N-])C2C(C(=O)O)C2C1(NC(=O)OC(C)(C)C)C(=O)O. The van der Waals surface area contributed by atoms with Gasteiger partial charge in [0.15, 0.2) is 5.54 Å². The molecule has 0 radical (unpaired) electrons. The number of fused-ring (bicyclic) bond motifs is 1. The van der Waals surface area contributed by atoms with Crippen molar-refractivity contribution in [2.45, 2.75) is 64.6 Å². The molecule has 10 nitrogen and oxygen atoms in total. The van der Waals surface area contributed by atoms with Crippen LogP contribution in [-0.4, -0.2) is 45.4 Å². The van der Waals surface area contributed by atoms with Gasteiger partial charge in [-0.2, -0.15) is 0 Å². The molecule has 150 valence electrons. The molecule has 0 aromatic rings. The van der Waals surface area contributed by atoms with Crippen molar-refractivity contribution in [2.24, 2.45) is 28.3 Å². The first-order chi connectivity index (χ1) is 12.4. The van der Waals surface area contributed by atoms with Crippen LogP contribution in [0.5, 0.6) is 0 Å². The summed E-state index contributed by atoms with van der Waals surface area (Å²) in [5.41, 5.74) is 5.13. The first-order valence-corrected chi connectivity index (χ1v) is 8.95. The minimum absolute atomic E-state index is 0.286. The normalized spacial score (nSPS) is 33.4. The number of nitrogens with zero attached hydrogens (tertiary/aromatic N) is 3. The first kappa shape index (κ1) is 20.8. The largest absolute Gasteiger partial charge is 0.481 e. The third kappa shape index (κ3) is 2.88. The molecule has 0 aromatic carbocycles. The molecule has 0 aromatic heterocycles. The fourth-order valence-electron chi connectivity index (χ4n) is 5.09. The van der Waals surface area contributed by atoms with Crippen LogP contribution in [-0.2, 0) is 14.3 Å². The molecule has 2 aliphatic rings. The Labute approximate surface area is 156 Å². The van der Waals surface area contributed by atoms with E-state index in [9.17, 15) is 24.6 Å². The molecule has 0 saturated heterocycles. The third-order valence-corrected chi connectivity index (χ3v) is 6.05. The zero-order chi connectivity index (χ0) is 20.8. The smallest absolute Gasteiger partial charge is 0.408 e. The lowest BCUT2D eigenvalue weighted by atomic mass is 9.62. The van der Waals surface area contributed by atoms with Gasteiger partial charge >= 0.3 is 18.0 Å². The van der Waals surface area contributed by atoms with Gasteiger partial charge in [-0.1, -0.05) is 19.0 Å². The lowest BCUT2D eigenvalue weighted by Gasteiger charge is -2.47. The predicted octanol–water partition coefficient (Wildman–Crippen LogP) is 2.78. The van der Waals surface area contributed by atoms with Gasteiger partial charge in [0.05, 0.1) is 5.92 Å². The van der Waals surface area contributed by atoms with Crippen LogP contribution in [0.25, 0.3) is 10.4 Å². The molecule has 3 N–H and O–H groups in total. The molecule has 0 heterocycles. The summed E-state index contributed by atoms with van der Waals surface area (Å²) in [4.78, 5) is 39.5. The Morgan fingerprint density at radius 1 is 1.22 bits per heavy atom. The summed E-state index contributed by atoms with van der Waals surface area (Å²) < 4.78 is 5.25. The number of carboxylic acids is 2. The monoisotopic (exact) mass is 382 g/mol. The molecule has 5 atom stereocenters. The van der Waals surface area contributed by atoms with Crippen LogP contribution in [0.4, 0.5) is 4.79 Å². The standard InChI is InChI=1S/C17H26N4O6/c1-6-16(7-2)11(20-21-18)8-9(12(22)23)10(8)17(16,13(24)25)19-14(26)27-15(3,4)5/h8-11H,6-7H2,1-5H3,(H,19,26)(H,22,23)(H,24,25). The summed E-state index contributed by atoms with van der Waals surface area (Å²) in [6, 6.07) is -0.852. The van der Waals surface area contributed by atoms with Crippen molar-refractivity contribution in [2.75, 3.05) is 0 Å². The molecule has 10 heteroatoms. The minimum atomic E-state index is -1.90. The number of azide groups is 1. The summed E-state index contributed by atoms with van der Waals surface area (Å²) in [5.74, 6) is -5.04. The number of hydrogen-bond acceptors (Lipinski definition) is 5. The van der Waals surface area contributed by atoms with Gasteiger partial charge in [0, 0.05) is 22.3 Å². The zero-order valence-electron chi connectivity index (χ0n) is 16.1. The van der Waals surface area contributed by atoms with Crippen molar-refractivity contribution < 1.29 is 29.3 Å². The van der Waals surface area contributed by atoms with E-state index in [1.807, 2.05) is 0 Å². The quantitative estimate of drug-likeness (QED) is 0.363. The van der Waals surface area contributed by atoms with E-state index in [0.29, 0.717) is 0 Å². The molecule has 2 rings (SSSR count). The van der Waals surface area contributed by atoms with Gasteiger partial charge in [-0.05, 0) is 45.1 Å². The zero-order valence-corrected chi connectivity index (χ0v) is 16.1. The number of hydrogen-bond donors (Lipinski definition) is 3. The summed E-state index contributed by atoms with van der Waals surface area (Å²) in [5, 5.41) is 26.0. The van der Waals surface area contributed by atoms with Gasteiger partial charge in [0.25, 0.3) is 0 Å². The second-order valence-corrected chi connectivity index (χ2v) is 8.22. The van der Waals surface area contributed by atoms with Crippen molar-refractivity contribution in [3.05, 3.63) is 10.4 Å². The number of amides is 1. The summed E-state index contributed by atoms with van der Waals surface area (Å²) in [7, 11) is 0. The number of carboxylic acid groups (broad SMARTS) is 2. The van der Waals surface area contributed by atoms with E-state index in [4.69, 9.17) is 10.3 Å². The highest BCUT2D eigenvalue weighted by Gasteiger charge is 2.83. The summed E-state index contributed by atoms with van der Waals surface area (Å²) in [6.07, 6.45) is -0.365. The fourth-order valence-corrected chi connectivity index (χ4v) is 5.09. The highest BCUT2D eigenvalue weighted by molar-refractivity contribution is 5.91. The molecule has 0 aliphatic heterocycles. The number of carbonyl (C=O) groups is 3. The summed E-state index contributed by atoms with van der Waals surface area (Å²) in [6.45, 7) is 8.43. The van der Waals surface area contributed by atoms with Crippen LogP contribution in [0, 0.1) is 23.2 Å². The fraction of sp³-hybridized carbons (Fsp3) is 0.824. The van der Waals surface area contributed by atoms with Gasteiger partial charge in [-0.25, -0.2) is 9.59 Å². The minimum Gasteiger partial charge on any atom is -0.481 e. The summed E-state index contributed by atoms with van der Waals surface area (Å²) >= 11 is 0. The second-order valence-electron chi connectivity index (χ2n) is 8.22. The Morgan fingerprint density at radius 2 is 1.78 bits per heavy atom. The molecule has 2 saturated carbocycles. The number of carbonyl (C=O) groups excluding carboxylic acids is 1. The molecule has 27 heavy (non-hydrogen) atoms. The van der Waals surface area contributed by atoms with E-state index in [1.54, 1.807) is 34.6 Å². The van der Waals surface area contributed by atoms with E-state index in [2.05, 4.69) is 15.3 Å². The molecule has 1 amide bonds. The Kier molecular flexibility index (Phi) is 5.09. The van der Waals surface area contributed by atoms with Crippen LogP contribution < -0.4 is 5.32 Å². The maximum absolute atomic E-state index is 12.5. The average Bonchev–Trinajstić information content (AvgIpc) is 3.22. The lowest BCUT2D eigenvalue weighted by molar-refractivity contribution is -0.154. The average molecular weight is 382 g/mol. The van der Waals surface area contributed by atoms with Gasteiger partial charge in [0.1, 0.15) is 5.60 Å².